The van der Waals surface area contributed by atoms with Gasteiger partial charge in [-0.05, 0) is 74.0 Å². The lowest BCUT2D eigenvalue weighted by Gasteiger charge is -2.38. The summed E-state index contributed by atoms with van der Waals surface area (Å²) < 4.78 is 15.2. The van der Waals surface area contributed by atoms with E-state index in [-0.39, 0.29) is 29.5 Å². The average Bonchev–Trinajstić information content (AvgIpc) is 3.18. The number of aliphatic hydroxyl groups is 1. The van der Waals surface area contributed by atoms with E-state index in [1.807, 2.05) is 12.1 Å². The van der Waals surface area contributed by atoms with Crippen molar-refractivity contribution in [3.05, 3.63) is 111 Å². The first-order valence-corrected chi connectivity index (χ1v) is 13.4. The van der Waals surface area contributed by atoms with Crippen molar-refractivity contribution in [2.24, 2.45) is 0 Å². The van der Waals surface area contributed by atoms with Crippen LogP contribution >= 0.6 is 23.2 Å². The largest absolute Gasteiger partial charge is 0.507 e. The summed E-state index contributed by atoms with van der Waals surface area (Å²) in [7, 11) is 0. The molecule has 3 aromatic carbocycles. The Bertz CT molecular complexity index is 1370. The van der Waals surface area contributed by atoms with Crippen molar-refractivity contribution in [1.29, 1.82) is 0 Å². The first-order valence-electron chi connectivity index (χ1n) is 12.6. The number of hydrogen-bond acceptors (Lipinski definition) is 4. The quantitative estimate of drug-likeness (QED) is 0.208. The van der Waals surface area contributed by atoms with E-state index < -0.39 is 23.5 Å². The Hall–Kier alpha value is -3.19. The van der Waals surface area contributed by atoms with Gasteiger partial charge in [0.25, 0.3) is 11.7 Å². The third kappa shape index (κ3) is 5.21. The minimum absolute atomic E-state index is 0.141. The van der Waals surface area contributed by atoms with Gasteiger partial charge in [0.2, 0.25) is 0 Å². The number of rotatable bonds is 6. The minimum Gasteiger partial charge on any atom is -0.507 e. The van der Waals surface area contributed by atoms with E-state index in [4.69, 9.17) is 23.2 Å². The molecule has 2 unspecified atom stereocenters. The van der Waals surface area contributed by atoms with E-state index in [2.05, 4.69) is 4.90 Å². The van der Waals surface area contributed by atoms with Gasteiger partial charge < -0.3 is 10.0 Å². The van der Waals surface area contributed by atoms with Gasteiger partial charge in [0.15, 0.2) is 0 Å². The maximum atomic E-state index is 15.2. The van der Waals surface area contributed by atoms with Gasteiger partial charge in [0, 0.05) is 27.7 Å². The van der Waals surface area contributed by atoms with Crippen molar-refractivity contribution in [3.63, 3.8) is 0 Å². The van der Waals surface area contributed by atoms with Crippen LogP contribution in [-0.4, -0.2) is 46.2 Å². The fraction of sp³-hybridized carbons (Fsp3) is 0.267. The molecule has 196 valence electrons. The van der Waals surface area contributed by atoms with Crippen LogP contribution in [0.1, 0.15) is 48.0 Å². The molecule has 0 aromatic heterocycles. The number of piperidine rings is 1. The first-order chi connectivity index (χ1) is 18.3. The maximum absolute atomic E-state index is 15.2. The molecule has 5 nitrogen and oxygen atoms in total. The topological polar surface area (TPSA) is 60.9 Å². The maximum Gasteiger partial charge on any atom is 0.295 e. The number of halogens is 3. The van der Waals surface area contributed by atoms with E-state index in [9.17, 15) is 14.7 Å². The molecule has 1 amide bonds. The number of Topliss-reactive ketones (excluding diaryl/α,β-unsaturated/α-hetero) is 1. The van der Waals surface area contributed by atoms with Crippen molar-refractivity contribution in [2.45, 2.75) is 31.3 Å². The van der Waals surface area contributed by atoms with E-state index in [0.717, 1.165) is 37.9 Å². The van der Waals surface area contributed by atoms with Crippen molar-refractivity contribution in [2.75, 3.05) is 19.6 Å². The summed E-state index contributed by atoms with van der Waals surface area (Å²) in [4.78, 5) is 30.7. The molecule has 0 radical (unpaired) electrons. The third-order valence-electron chi connectivity index (χ3n) is 7.31. The highest BCUT2D eigenvalue weighted by atomic mass is 35.5. The molecule has 2 saturated heterocycles. The zero-order chi connectivity index (χ0) is 26.8. The van der Waals surface area contributed by atoms with Gasteiger partial charge in [0.05, 0.1) is 17.7 Å². The monoisotopic (exact) mass is 552 g/mol. The standard InChI is InChI=1S/C30H27Cl2FN2O3/c31-21-12-8-19(9-13-21)25(34-16-4-1-5-17-34)18-35-27(23-6-2-3-7-24(23)33)26(29(37)30(35)38)28(36)20-10-14-22(32)15-11-20/h2-3,6-15,25,27,36H,1,4-5,16-18H2/b28-26-. The van der Waals surface area contributed by atoms with Crippen molar-refractivity contribution in [1.82, 2.24) is 9.80 Å². The predicted octanol–water partition coefficient (Wildman–Crippen LogP) is 6.78. The summed E-state index contributed by atoms with van der Waals surface area (Å²) in [6, 6.07) is 18.4. The molecule has 2 atom stereocenters. The normalized spacial score (nSPS) is 20.6. The summed E-state index contributed by atoms with van der Waals surface area (Å²) in [5.74, 6) is -2.55. The minimum atomic E-state index is -1.09. The van der Waals surface area contributed by atoms with Gasteiger partial charge in [-0.1, -0.05) is 60.0 Å². The summed E-state index contributed by atoms with van der Waals surface area (Å²) in [6.07, 6.45) is 3.18. The van der Waals surface area contributed by atoms with E-state index in [0.29, 0.717) is 15.6 Å². The SMILES string of the molecule is O=C1C(=O)N(CC(c2ccc(Cl)cc2)N2CCCCC2)C(c2ccccc2F)/C1=C(/O)c1ccc(Cl)cc1. The molecule has 0 spiro atoms. The Morgan fingerprint density at radius 2 is 1.50 bits per heavy atom. The number of carbonyl (C=O) groups excluding carboxylic acids is 2. The highest BCUT2D eigenvalue weighted by Gasteiger charge is 2.48. The van der Waals surface area contributed by atoms with Gasteiger partial charge in [-0.25, -0.2) is 4.39 Å². The van der Waals surface area contributed by atoms with Crippen LogP contribution in [0, 0.1) is 5.82 Å². The molecule has 2 aliphatic rings. The highest BCUT2D eigenvalue weighted by Crippen LogP contribution is 2.42. The zero-order valence-corrected chi connectivity index (χ0v) is 22.1. The Labute approximate surface area is 231 Å². The summed E-state index contributed by atoms with van der Waals surface area (Å²) in [5.41, 5.74) is 1.27. The van der Waals surface area contributed by atoms with Gasteiger partial charge in [-0.3, -0.25) is 14.5 Å². The van der Waals surface area contributed by atoms with Gasteiger partial charge in [-0.2, -0.15) is 0 Å². The molecular weight excluding hydrogens is 526 g/mol. The lowest BCUT2D eigenvalue weighted by atomic mass is 9.94. The second-order valence-electron chi connectivity index (χ2n) is 9.64. The number of amides is 1. The van der Waals surface area contributed by atoms with Crippen LogP contribution in [0.25, 0.3) is 5.76 Å². The van der Waals surface area contributed by atoms with E-state index >= 15 is 4.39 Å². The van der Waals surface area contributed by atoms with Gasteiger partial charge >= 0.3 is 0 Å². The fourth-order valence-corrected chi connectivity index (χ4v) is 5.64. The van der Waals surface area contributed by atoms with Crippen LogP contribution in [0.15, 0.2) is 78.4 Å². The predicted molar refractivity (Wildman–Crippen MR) is 146 cm³/mol. The van der Waals surface area contributed by atoms with Crippen molar-refractivity contribution in [3.8, 4) is 0 Å². The van der Waals surface area contributed by atoms with Crippen molar-refractivity contribution < 1.29 is 19.1 Å². The number of nitrogens with zero attached hydrogens (tertiary/aromatic N) is 2. The summed E-state index contributed by atoms with van der Waals surface area (Å²) in [5, 5.41) is 12.3. The fourth-order valence-electron chi connectivity index (χ4n) is 5.38. The van der Waals surface area contributed by atoms with Crippen LogP contribution in [0.2, 0.25) is 10.0 Å². The van der Waals surface area contributed by atoms with Crippen LogP contribution in [0.5, 0.6) is 0 Å². The molecule has 8 heteroatoms. The highest BCUT2D eigenvalue weighted by molar-refractivity contribution is 6.46. The third-order valence-corrected chi connectivity index (χ3v) is 7.82. The first kappa shape index (κ1) is 26.4. The molecule has 38 heavy (non-hydrogen) atoms. The molecule has 3 aromatic rings. The summed E-state index contributed by atoms with van der Waals surface area (Å²) >= 11 is 12.2. The summed E-state index contributed by atoms with van der Waals surface area (Å²) in [6.45, 7) is 1.82. The second kappa shape index (κ2) is 11.3. The zero-order valence-electron chi connectivity index (χ0n) is 20.6. The van der Waals surface area contributed by atoms with Gasteiger partial charge in [-0.15, -0.1) is 0 Å². The Morgan fingerprint density at radius 3 is 2.13 bits per heavy atom. The number of ketones is 1. The van der Waals surface area contributed by atoms with Crippen LogP contribution < -0.4 is 0 Å². The number of carbonyl (C=O) groups is 2. The smallest absolute Gasteiger partial charge is 0.295 e. The van der Waals surface area contributed by atoms with Gasteiger partial charge in [0.1, 0.15) is 11.6 Å². The molecule has 2 heterocycles. The number of benzene rings is 3. The number of likely N-dealkylation sites (tertiary alicyclic amines) is 2. The molecule has 2 fully saturated rings. The van der Waals surface area contributed by atoms with Crippen molar-refractivity contribution >= 4 is 40.7 Å². The Morgan fingerprint density at radius 1 is 0.895 bits per heavy atom. The van der Waals surface area contributed by atoms with Crippen LogP contribution in [0.3, 0.4) is 0 Å². The number of hydrogen-bond donors (Lipinski definition) is 1. The molecule has 1 N–H and O–H groups in total. The molecule has 0 saturated carbocycles. The molecule has 5 rings (SSSR count). The van der Waals surface area contributed by atoms with Crippen LogP contribution in [-0.2, 0) is 9.59 Å². The average molecular weight is 553 g/mol. The second-order valence-corrected chi connectivity index (χ2v) is 10.5. The Balaban J connectivity index is 1.62. The molecule has 0 aliphatic carbocycles. The lowest BCUT2D eigenvalue weighted by Crippen LogP contribution is -2.42. The lowest BCUT2D eigenvalue weighted by molar-refractivity contribution is -0.140. The Kier molecular flexibility index (Phi) is 7.84. The van der Waals surface area contributed by atoms with E-state index in [1.165, 1.54) is 11.0 Å². The molecular formula is C30H27Cl2FN2O3. The van der Waals surface area contributed by atoms with E-state index in [1.54, 1.807) is 54.6 Å². The molecule has 2 aliphatic heterocycles. The molecule has 0 bridgehead atoms. The van der Waals surface area contributed by atoms with Crippen LogP contribution in [0.4, 0.5) is 4.39 Å². The number of aliphatic hydroxyl groups excluding tert-OH is 1.